The van der Waals surface area contributed by atoms with Gasteiger partial charge in [-0.3, -0.25) is 0 Å². The summed E-state index contributed by atoms with van der Waals surface area (Å²) in [7, 11) is 0. The molecule has 2 N–H and O–H groups in total. The van der Waals surface area contributed by atoms with Gasteiger partial charge in [-0.05, 0) is 18.1 Å². The van der Waals surface area contributed by atoms with Gasteiger partial charge < -0.3 is 5.73 Å². The van der Waals surface area contributed by atoms with Gasteiger partial charge in [0.25, 0.3) is 0 Å². The lowest BCUT2D eigenvalue weighted by Gasteiger charge is -2.18. The fourth-order valence-corrected chi connectivity index (χ4v) is 1.22. The third kappa shape index (κ3) is 2.20. The van der Waals surface area contributed by atoms with Crippen LogP contribution >= 0.6 is 0 Å². The van der Waals surface area contributed by atoms with Crippen LogP contribution < -0.4 is 5.73 Å². The zero-order chi connectivity index (χ0) is 10.1. The molecule has 0 aliphatic heterocycles. The van der Waals surface area contributed by atoms with Crippen molar-refractivity contribution in [3.63, 3.8) is 0 Å². The maximum Gasteiger partial charge on any atom is 0.126 e. The van der Waals surface area contributed by atoms with Crippen LogP contribution in [0.4, 0.5) is 5.82 Å². The third-order valence-electron chi connectivity index (χ3n) is 2.16. The highest BCUT2D eigenvalue weighted by molar-refractivity contribution is 5.41. The second-order valence-corrected chi connectivity index (χ2v) is 4.34. The second kappa shape index (κ2) is 3.36. The number of aromatic nitrogens is 1. The first-order valence-electron chi connectivity index (χ1n) is 4.71. The van der Waals surface area contributed by atoms with Crippen molar-refractivity contribution in [3.8, 4) is 0 Å². The number of nitrogens with zero attached hydrogens (tertiary/aromatic N) is 1. The molecule has 1 heterocycles. The van der Waals surface area contributed by atoms with Crippen LogP contribution in [0.5, 0.6) is 0 Å². The molecule has 72 valence electrons. The van der Waals surface area contributed by atoms with E-state index in [0.29, 0.717) is 5.82 Å². The normalized spacial score (nSPS) is 11.7. The van der Waals surface area contributed by atoms with Gasteiger partial charge in [-0.2, -0.15) is 0 Å². The van der Waals surface area contributed by atoms with E-state index in [1.54, 1.807) is 0 Å². The van der Waals surface area contributed by atoms with Crippen LogP contribution in [0, 0.1) is 0 Å². The Morgan fingerprint density at radius 1 is 1.31 bits per heavy atom. The minimum Gasteiger partial charge on any atom is -0.383 e. The molecule has 0 saturated carbocycles. The average Bonchev–Trinajstić information content (AvgIpc) is 2.02. The molecule has 0 aromatic carbocycles. The predicted molar refractivity (Wildman–Crippen MR) is 56.7 cm³/mol. The van der Waals surface area contributed by atoms with Gasteiger partial charge in [0.2, 0.25) is 0 Å². The van der Waals surface area contributed by atoms with Gasteiger partial charge in [-0.15, -0.1) is 0 Å². The maximum absolute atomic E-state index is 5.82. The van der Waals surface area contributed by atoms with Crippen molar-refractivity contribution in [2.24, 2.45) is 0 Å². The molecule has 0 aliphatic rings. The van der Waals surface area contributed by atoms with Crippen molar-refractivity contribution in [1.82, 2.24) is 4.98 Å². The van der Waals surface area contributed by atoms with Gasteiger partial charge >= 0.3 is 0 Å². The Kier molecular flexibility index (Phi) is 2.60. The first-order chi connectivity index (χ1) is 5.95. The number of rotatable bonds is 1. The Morgan fingerprint density at radius 2 is 1.92 bits per heavy atom. The fraction of sp³-hybridized carbons (Fsp3) is 0.545. The Bertz CT molecular complexity index is 297. The summed E-state index contributed by atoms with van der Waals surface area (Å²) in [5.74, 6) is 0.676. The van der Waals surface area contributed by atoms with Crippen molar-refractivity contribution in [1.29, 1.82) is 0 Å². The monoisotopic (exact) mass is 178 g/mol. The van der Waals surface area contributed by atoms with Crippen LogP contribution in [0.3, 0.4) is 0 Å². The van der Waals surface area contributed by atoms with E-state index in [4.69, 9.17) is 5.73 Å². The summed E-state index contributed by atoms with van der Waals surface area (Å²) < 4.78 is 0. The SMILES string of the molecule is CCc1ccc(C(C)(C)C)nc1N. The molecule has 0 unspecified atom stereocenters. The molecule has 0 saturated heterocycles. The number of pyridine rings is 1. The van der Waals surface area contributed by atoms with Gasteiger partial charge in [0.15, 0.2) is 0 Å². The average molecular weight is 178 g/mol. The summed E-state index contributed by atoms with van der Waals surface area (Å²) in [6.07, 6.45) is 0.948. The molecule has 0 atom stereocenters. The number of hydrogen-bond donors (Lipinski definition) is 1. The van der Waals surface area contributed by atoms with Crippen LogP contribution in [0.25, 0.3) is 0 Å². The number of anilines is 1. The first kappa shape index (κ1) is 10.0. The summed E-state index contributed by atoms with van der Waals surface area (Å²) >= 11 is 0. The first-order valence-corrected chi connectivity index (χ1v) is 4.71. The van der Waals surface area contributed by atoms with E-state index in [-0.39, 0.29) is 5.41 Å². The van der Waals surface area contributed by atoms with Crippen LogP contribution in [-0.4, -0.2) is 4.98 Å². The maximum atomic E-state index is 5.82. The van der Waals surface area contributed by atoms with E-state index in [1.807, 2.05) is 0 Å². The topological polar surface area (TPSA) is 38.9 Å². The number of aryl methyl sites for hydroxylation is 1. The lowest BCUT2D eigenvalue weighted by molar-refractivity contribution is 0.569. The van der Waals surface area contributed by atoms with Crippen LogP contribution in [0.1, 0.15) is 39.0 Å². The smallest absolute Gasteiger partial charge is 0.126 e. The summed E-state index contributed by atoms with van der Waals surface area (Å²) in [6, 6.07) is 4.14. The Hall–Kier alpha value is -1.05. The molecule has 0 spiro atoms. The summed E-state index contributed by atoms with van der Waals surface area (Å²) in [5.41, 5.74) is 8.09. The molecule has 1 aromatic heterocycles. The highest BCUT2D eigenvalue weighted by Crippen LogP contribution is 2.22. The van der Waals surface area contributed by atoms with E-state index in [2.05, 4.69) is 44.8 Å². The highest BCUT2D eigenvalue weighted by Gasteiger charge is 2.15. The van der Waals surface area contributed by atoms with Crippen LogP contribution in [0.2, 0.25) is 0 Å². The third-order valence-corrected chi connectivity index (χ3v) is 2.16. The van der Waals surface area contributed by atoms with E-state index in [1.165, 1.54) is 0 Å². The summed E-state index contributed by atoms with van der Waals surface area (Å²) in [6.45, 7) is 8.51. The van der Waals surface area contributed by atoms with Gasteiger partial charge in [-0.25, -0.2) is 4.98 Å². The fourth-order valence-electron chi connectivity index (χ4n) is 1.22. The van der Waals surface area contributed by atoms with Crippen molar-refractivity contribution < 1.29 is 0 Å². The molecule has 1 aromatic rings. The second-order valence-electron chi connectivity index (χ2n) is 4.34. The van der Waals surface area contributed by atoms with Crippen LogP contribution in [0.15, 0.2) is 12.1 Å². The molecule has 0 aliphatic carbocycles. The Morgan fingerprint density at radius 3 is 2.31 bits per heavy atom. The molecular weight excluding hydrogens is 160 g/mol. The molecule has 0 amide bonds. The van der Waals surface area contributed by atoms with E-state index < -0.39 is 0 Å². The largest absolute Gasteiger partial charge is 0.383 e. The van der Waals surface area contributed by atoms with E-state index in [9.17, 15) is 0 Å². The van der Waals surface area contributed by atoms with Gasteiger partial charge in [0.1, 0.15) is 5.82 Å². The standard InChI is InChI=1S/C11H18N2/c1-5-8-6-7-9(11(2,3)4)13-10(8)12/h6-7H,5H2,1-4H3,(H2,12,13). The molecule has 0 bridgehead atoms. The lowest BCUT2D eigenvalue weighted by atomic mass is 9.91. The Labute approximate surface area is 80.2 Å². The minimum absolute atomic E-state index is 0.0837. The zero-order valence-electron chi connectivity index (χ0n) is 8.89. The van der Waals surface area contributed by atoms with Crippen molar-refractivity contribution in [3.05, 3.63) is 23.4 Å². The summed E-state index contributed by atoms with van der Waals surface area (Å²) in [4.78, 5) is 4.39. The van der Waals surface area contributed by atoms with E-state index >= 15 is 0 Å². The lowest BCUT2D eigenvalue weighted by Crippen LogP contribution is -2.14. The quantitative estimate of drug-likeness (QED) is 0.717. The van der Waals surface area contributed by atoms with Crippen LogP contribution in [-0.2, 0) is 11.8 Å². The molecule has 1 rings (SSSR count). The van der Waals surface area contributed by atoms with Gasteiger partial charge in [0, 0.05) is 11.1 Å². The molecule has 0 fully saturated rings. The zero-order valence-corrected chi connectivity index (χ0v) is 8.89. The molecule has 2 nitrogen and oxygen atoms in total. The molecule has 2 heteroatoms. The van der Waals surface area contributed by atoms with Crippen molar-refractivity contribution in [2.45, 2.75) is 39.5 Å². The number of hydrogen-bond acceptors (Lipinski definition) is 2. The predicted octanol–water partition coefficient (Wildman–Crippen LogP) is 2.52. The molecular formula is C11H18N2. The van der Waals surface area contributed by atoms with Gasteiger partial charge in [-0.1, -0.05) is 33.8 Å². The highest BCUT2D eigenvalue weighted by atomic mass is 14.9. The van der Waals surface area contributed by atoms with Gasteiger partial charge in [0.05, 0.1) is 0 Å². The minimum atomic E-state index is 0.0837. The number of nitrogen functional groups attached to an aromatic ring is 1. The van der Waals surface area contributed by atoms with E-state index in [0.717, 1.165) is 17.7 Å². The summed E-state index contributed by atoms with van der Waals surface area (Å²) in [5, 5.41) is 0. The molecule has 13 heavy (non-hydrogen) atoms. The number of nitrogens with two attached hydrogens (primary N) is 1. The van der Waals surface area contributed by atoms with Crippen molar-refractivity contribution >= 4 is 5.82 Å². The Balaban J connectivity index is 3.10. The van der Waals surface area contributed by atoms with Crippen molar-refractivity contribution in [2.75, 3.05) is 5.73 Å². The molecule has 0 radical (unpaired) electrons.